The third-order valence-corrected chi connectivity index (χ3v) is 2.60. The minimum absolute atomic E-state index is 0.396. The lowest BCUT2D eigenvalue weighted by Crippen LogP contribution is -1.89. The summed E-state index contributed by atoms with van der Waals surface area (Å²) in [7, 11) is 0. The van der Waals surface area contributed by atoms with Crippen molar-refractivity contribution < 1.29 is 4.52 Å². The minimum Gasteiger partial charge on any atom is -0.384 e. The van der Waals surface area contributed by atoms with Crippen LogP contribution in [0.2, 0.25) is 0 Å². The van der Waals surface area contributed by atoms with Gasteiger partial charge in [-0.25, -0.2) is 4.98 Å². The SMILES string of the molecule is Cc1ccnc(-c2noc(-c3ccnc(N)c3)n2)c1. The molecule has 3 aromatic rings. The standard InChI is InChI=1S/C13H11N5O/c1-8-2-4-15-10(6-8)12-17-13(19-18-12)9-3-5-16-11(14)7-9/h2-7H,1H3,(H2,14,16). The van der Waals surface area contributed by atoms with Crippen LogP contribution in [0.15, 0.2) is 41.2 Å². The molecule has 0 fully saturated rings. The first-order chi connectivity index (χ1) is 9.22. The zero-order valence-corrected chi connectivity index (χ0v) is 10.2. The van der Waals surface area contributed by atoms with Gasteiger partial charge in [-0.3, -0.25) is 4.98 Å². The van der Waals surface area contributed by atoms with Crippen molar-refractivity contribution in [3.05, 3.63) is 42.2 Å². The van der Waals surface area contributed by atoms with Gasteiger partial charge in [-0.15, -0.1) is 0 Å². The second kappa shape index (κ2) is 4.49. The van der Waals surface area contributed by atoms with Crippen molar-refractivity contribution in [2.45, 2.75) is 6.92 Å². The van der Waals surface area contributed by atoms with Gasteiger partial charge in [0.2, 0.25) is 5.82 Å². The molecule has 6 nitrogen and oxygen atoms in total. The molecule has 0 unspecified atom stereocenters. The summed E-state index contributed by atoms with van der Waals surface area (Å²) in [5.74, 6) is 1.26. The van der Waals surface area contributed by atoms with Gasteiger partial charge in [0.25, 0.3) is 5.89 Å². The van der Waals surface area contributed by atoms with Crippen LogP contribution in [0.4, 0.5) is 5.82 Å². The van der Waals surface area contributed by atoms with Crippen LogP contribution >= 0.6 is 0 Å². The number of hydrogen-bond acceptors (Lipinski definition) is 6. The molecule has 3 rings (SSSR count). The Bertz CT molecular complexity index is 662. The van der Waals surface area contributed by atoms with Crippen LogP contribution in [0.3, 0.4) is 0 Å². The fourth-order valence-electron chi connectivity index (χ4n) is 1.68. The van der Waals surface area contributed by atoms with Crippen LogP contribution < -0.4 is 5.73 Å². The topological polar surface area (TPSA) is 90.7 Å². The molecular weight excluding hydrogens is 242 g/mol. The van der Waals surface area contributed by atoms with Gasteiger partial charge < -0.3 is 10.3 Å². The third-order valence-electron chi connectivity index (χ3n) is 2.60. The summed E-state index contributed by atoms with van der Waals surface area (Å²) in [4.78, 5) is 12.4. The summed E-state index contributed by atoms with van der Waals surface area (Å²) in [6.45, 7) is 1.98. The molecule has 0 bridgehead atoms. The molecule has 0 saturated carbocycles. The Morgan fingerprint density at radius 3 is 2.74 bits per heavy atom. The summed E-state index contributed by atoms with van der Waals surface area (Å²) in [6, 6.07) is 7.25. The summed E-state index contributed by atoms with van der Waals surface area (Å²) >= 11 is 0. The monoisotopic (exact) mass is 253 g/mol. The molecule has 0 spiro atoms. The van der Waals surface area contributed by atoms with Crippen LogP contribution in [0.5, 0.6) is 0 Å². The van der Waals surface area contributed by atoms with Crippen LogP contribution in [0.25, 0.3) is 23.0 Å². The lowest BCUT2D eigenvalue weighted by atomic mass is 10.2. The van der Waals surface area contributed by atoms with Gasteiger partial charge in [0.1, 0.15) is 11.5 Å². The van der Waals surface area contributed by atoms with E-state index in [1.165, 1.54) is 0 Å². The van der Waals surface area contributed by atoms with Gasteiger partial charge in [0.15, 0.2) is 0 Å². The molecule has 0 radical (unpaired) electrons. The van der Waals surface area contributed by atoms with E-state index in [1.807, 2.05) is 19.1 Å². The lowest BCUT2D eigenvalue weighted by Gasteiger charge is -1.95. The van der Waals surface area contributed by atoms with E-state index < -0.39 is 0 Å². The van der Waals surface area contributed by atoms with E-state index in [1.54, 1.807) is 24.5 Å². The molecule has 0 saturated heterocycles. The maximum Gasteiger partial charge on any atom is 0.258 e. The Morgan fingerprint density at radius 1 is 1.11 bits per heavy atom. The fraction of sp³-hybridized carbons (Fsp3) is 0.0769. The van der Waals surface area contributed by atoms with E-state index in [-0.39, 0.29) is 0 Å². The average molecular weight is 253 g/mol. The predicted octanol–water partition coefficient (Wildman–Crippen LogP) is 2.08. The second-order valence-corrected chi connectivity index (χ2v) is 4.11. The predicted molar refractivity (Wildman–Crippen MR) is 69.9 cm³/mol. The normalized spacial score (nSPS) is 10.6. The highest BCUT2D eigenvalue weighted by molar-refractivity contribution is 5.59. The Kier molecular flexibility index (Phi) is 2.68. The fourth-order valence-corrected chi connectivity index (χ4v) is 1.68. The van der Waals surface area contributed by atoms with Crippen molar-refractivity contribution in [1.82, 2.24) is 20.1 Å². The maximum absolute atomic E-state index is 5.62. The summed E-state index contributed by atoms with van der Waals surface area (Å²) in [5, 5.41) is 3.92. The highest BCUT2D eigenvalue weighted by atomic mass is 16.5. The smallest absolute Gasteiger partial charge is 0.258 e. The van der Waals surface area contributed by atoms with Crippen molar-refractivity contribution in [3.63, 3.8) is 0 Å². The van der Waals surface area contributed by atoms with Gasteiger partial charge in [0.05, 0.1) is 0 Å². The number of anilines is 1. The summed E-state index contributed by atoms with van der Waals surface area (Å²) in [6.07, 6.45) is 3.31. The van der Waals surface area contributed by atoms with Crippen molar-refractivity contribution in [1.29, 1.82) is 0 Å². The molecule has 0 aromatic carbocycles. The quantitative estimate of drug-likeness (QED) is 0.751. The second-order valence-electron chi connectivity index (χ2n) is 4.11. The highest BCUT2D eigenvalue weighted by Crippen LogP contribution is 2.21. The maximum atomic E-state index is 5.62. The molecular formula is C13H11N5O. The van der Waals surface area contributed by atoms with Crippen molar-refractivity contribution in [2.24, 2.45) is 0 Å². The highest BCUT2D eigenvalue weighted by Gasteiger charge is 2.11. The first kappa shape index (κ1) is 11.3. The van der Waals surface area contributed by atoms with Gasteiger partial charge in [-0.05, 0) is 36.8 Å². The number of hydrogen-bond donors (Lipinski definition) is 1. The van der Waals surface area contributed by atoms with E-state index >= 15 is 0 Å². The molecule has 0 amide bonds. The molecule has 2 N–H and O–H groups in total. The summed E-state index contributed by atoms with van der Waals surface area (Å²) in [5.41, 5.74) is 8.12. The number of pyridine rings is 2. The van der Waals surface area contributed by atoms with Crippen molar-refractivity contribution in [2.75, 3.05) is 5.73 Å². The van der Waals surface area contributed by atoms with Crippen LogP contribution in [0, 0.1) is 6.92 Å². The van der Waals surface area contributed by atoms with Gasteiger partial charge in [0, 0.05) is 18.0 Å². The lowest BCUT2D eigenvalue weighted by molar-refractivity contribution is 0.432. The Balaban J connectivity index is 2.00. The number of aromatic nitrogens is 4. The molecule has 6 heteroatoms. The average Bonchev–Trinajstić information content (AvgIpc) is 2.88. The van der Waals surface area contributed by atoms with Crippen molar-refractivity contribution >= 4 is 5.82 Å². The molecule has 94 valence electrons. The Morgan fingerprint density at radius 2 is 1.95 bits per heavy atom. The number of nitrogen functional groups attached to an aromatic ring is 1. The molecule has 3 aromatic heterocycles. The van der Waals surface area contributed by atoms with Crippen LogP contribution in [-0.4, -0.2) is 20.1 Å². The molecule has 0 aliphatic carbocycles. The molecule has 3 heterocycles. The molecule has 0 aliphatic heterocycles. The van der Waals surface area contributed by atoms with Crippen molar-refractivity contribution in [3.8, 4) is 23.0 Å². The number of nitrogens with zero attached hydrogens (tertiary/aromatic N) is 4. The van der Waals surface area contributed by atoms with Crippen LogP contribution in [-0.2, 0) is 0 Å². The first-order valence-electron chi connectivity index (χ1n) is 5.71. The van der Waals surface area contributed by atoms with E-state index in [0.29, 0.717) is 23.2 Å². The van der Waals surface area contributed by atoms with Crippen LogP contribution in [0.1, 0.15) is 5.56 Å². The zero-order valence-electron chi connectivity index (χ0n) is 10.2. The van der Waals surface area contributed by atoms with Gasteiger partial charge >= 0.3 is 0 Å². The third kappa shape index (κ3) is 2.28. The molecule has 0 atom stereocenters. The Hall–Kier alpha value is -2.76. The van der Waals surface area contributed by atoms with Gasteiger partial charge in [-0.2, -0.15) is 4.98 Å². The van der Waals surface area contributed by atoms with E-state index in [0.717, 1.165) is 11.1 Å². The zero-order chi connectivity index (χ0) is 13.2. The van der Waals surface area contributed by atoms with E-state index in [4.69, 9.17) is 10.3 Å². The van der Waals surface area contributed by atoms with E-state index in [9.17, 15) is 0 Å². The Labute approximate surface area is 109 Å². The molecule has 19 heavy (non-hydrogen) atoms. The summed E-state index contributed by atoms with van der Waals surface area (Å²) < 4.78 is 5.22. The number of aryl methyl sites for hydroxylation is 1. The number of rotatable bonds is 2. The first-order valence-corrected chi connectivity index (χ1v) is 5.71. The number of nitrogens with two attached hydrogens (primary N) is 1. The largest absolute Gasteiger partial charge is 0.384 e. The molecule has 0 aliphatic rings. The van der Waals surface area contributed by atoms with Gasteiger partial charge in [-0.1, -0.05) is 5.16 Å². The van der Waals surface area contributed by atoms with E-state index in [2.05, 4.69) is 20.1 Å². The minimum atomic E-state index is 0.396.